The number of benzene rings is 3. The second kappa shape index (κ2) is 12.5. The van der Waals surface area contributed by atoms with Crippen LogP contribution in [0.5, 0.6) is 0 Å². The molecule has 4 aromatic rings. The molecule has 1 saturated heterocycles. The van der Waals surface area contributed by atoms with Crippen molar-refractivity contribution < 1.29 is 14.3 Å². The summed E-state index contributed by atoms with van der Waals surface area (Å²) in [6.45, 7) is 7.66. The highest BCUT2D eigenvalue weighted by molar-refractivity contribution is 5.94. The number of para-hydroxylation sites is 1. The van der Waals surface area contributed by atoms with Gasteiger partial charge < -0.3 is 25.3 Å². The number of hydrogen-bond donors (Lipinski definition) is 3. The zero-order valence-corrected chi connectivity index (χ0v) is 24.2. The number of rotatable bonds is 8. The standard InChI is InChI=1S/C34H40N4O3/c1-34(2,3)41-31(39)19-16-25-23-35-29-18-17-26(22-28(25)29)36-33(40)37-32(24-12-6-4-7-13-24)27-14-8-9-15-30(27)38-20-10-5-11-21-38/h4,6-9,12-15,17-18,22-23,32,35H,5,10-11,16,19-21H2,1-3H3,(H2,36,37,40). The maximum Gasteiger partial charge on any atom is 0.319 e. The zero-order chi connectivity index (χ0) is 28.8. The number of nitrogens with zero attached hydrogens (tertiary/aromatic N) is 1. The molecule has 5 rings (SSSR count). The van der Waals surface area contributed by atoms with E-state index in [-0.39, 0.29) is 24.5 Å². The van der Waals surface area contributed by atoms with Crippen LogP contribution in [0.2, 0.25) is 0 Å². The van der Waals surface area contributed by atoms with Gasteiger partial charge in [-0.15, -0.1) is 0 Å². The van der Waals surface area contributed by atoms with E-state index in [2.05, 4.69) is 50.8 Å². The smallest absolute Gasteiger partial charge is 0.319 e. The van der Waals surface area contributed by atoms with E-state index in [9.17, 15) is 9.59 Å². The molecule has 0 aliphatic carbocycles. The van der Waals surface area contributed by atoms with Gasteiger partial charge >= 0.3 is 12.0 Å². The molecule has 41 heavy (non-hydrogen) atoms. The number of piperidine rings is 1. The van der Waals surface area contributed by atoms with Crippen LogP contribution in [-0.2, 0) is 16.0 Å². The minimum Gasteiger partial charge on any atom is -0.460 e. The molecule has 1 fully saturated rings. The normalized spacial score (nSPS) is 14.5. The Balaban J connectivity index is 1.34. The number of aromatic nitrogens is 1. The van der Waals surface area contributed by atoms with Crippen LogP contribution in [0.1, 0.15) is 69.2 Å². The predicted molar refractivity (Wildman–Crippen MR) is 165 cm³/mol. The topological polar surface area (TPSA) is 86.5 Å². The Hall–Kier alpha value is -4.26. The molecule has 3 aromatic carbocycles. The molecule has 7 nitrogen and oxygen atoms in total. The number of hydrogen-bond acceptors (Lipinski definition) is 4. The van der Waals surface area contributed by atoms with Crippen molar-refractivity contribution in [1.82, 2.24) is 10.3 Å². The molecule has 214 valence electrons. The number of aryl methyl sites for hydroxylation is 1. The number of ether oxygens (including phenoxy) is 1. The number of esters is 1. The van der Waals surface area contributed by atoms with Gasteiger partial charge in [-0.25, -0.2) is 4.79 Å². The summed E-state index contributed by atoms with van der Waals surface area (Å²) in [5.74, 6) is -0.225. The third kappa shape index (κ3) is 7.28. The third-order valence-corrected chi connectivity index (χ3v) is 7.40. The maximum absolute atomic E-state index is 13.5. The average Bonchev–Trinajstić information content (AvgIpc) is 3.37. The van der Waals surface area contributed by atoms with Crippen molar-refractivity contribution in [2.75, 3.05) is 23.3 Å². The van der Waals surface area contributed by atoms with Crippen LogP contribution < -0.4 is 15.5 Å². The van der Waals surface area contributed by atoms with Gasteiger partial charge in [-0.1, -0.05) is 48.5 Å². The number of nitrogens with one attached hydrogen (secondary N) is 3. The Kier molecular flexibility index (Phi) is 8.62. The Bertz CT molecular complexity index is 1480. The van der Waals surface area contributed by atoms with Crippen molar-refractivity contribution in [2.24, 2.45) is 0 Å². The monoisotopic (exact) mass is 552 g/mol. The summed E-state index contributed by atoms with van der Waals surface area (Å²) in [6, 6.07) is 23.7. The van der Waals surface area contributed by atoms with Crippen LogP contribution in [0.4, 0.5) is 16.2 Å². The van der Waals surface area contributed by atoms with Gasteiger partial charge in [0.25, 0.3) is 0 Å². The Morgan fingerprint density at radius 1 is 0.951 bits per heavy atom. The van der Waals surface area contributed by atoms with E-state index in [0.717, 1.165) is 40.7 Å². The van der Waals surface area contributed by atoms with Crippen molar-refractivity contribution in [3.05, 3.63) is 95.7 Å². The van der Waals surface area contributed by atoms with Gasteiger partial charge in [0.2, 0.25) is 0 Å². The summed E-state index contributed by atoms with van der Waals surface area (Å²) < 4.78 is 5.46. The Morgan fingerprint density at radius 2 is 1.68 bits per heavy atom. The number of urea groups is 1. The predicted octanol–water partition coefficient (Wildman–Crippen LogP) is 7.34. The van der Waals surface area contributed by atoms with E-state index >= 15 is 0 Å². The lowest BCUT2D eigenvalue weighted by molar-refractivity contribution is -0.154. The third-order valence-electron chi connectivity index (χ3n) is 7.40. The van der Waals surface area contributed by atoms with E-state index in [1.807, 2.05) is 69.4 Å². The lowest BCUT2D eigenvalue weighted by atomic mass is 9.96. The number of anilines is 2. The number of fused-ring (bicyclic) bond motifs is 1. The molecule has 0 radical (unpaired) electrons. The molecule has 1 aliphatic rings. The summed E-state index contributed by atoms with van der Waals surface area (Å²) in [5.41, 5.74) is 5.42. The van der Waals surface area contributed by atoms with Crippen molar-refractivity contribution in [1.29, 1.82) is 0 Å². The fourth-order valence-electron chi connectivity index (χ4n) is 5.53. The molecule has 7 heteroatoms. The van der Waals surface area contributed by atoms with Gasteiger partial charge in [0, 0.05) is 53.5 Å². The minimum absolute atomic E-state index is 0.225. The van der Waals surface area contributed by atoms with Crippen molar-refractivity contribution >= 4 is 34.3 Å². The quantitative estimate of drug-likeness (QED) is 0.200. The van der Waals surface area contributed by atoms with Crippen LogP contribution in [0.15, 0.2) is 79.0 Å². The van der Waals surface area contributed by atoms with Crippen LogP contribution in [0, 0.1) is 0 Å². The Morgan fingerprint density at radius 3 is 2.44 bits per heavy atom. The first-order valence-electron chi connectivity index (χ1n) is 14.5. The summed E-state index contributed by atoms with van der Waals surface area (Å²) in [6.07, 6.45) is 6.38. The number of amides is 2. The van der Waals surface area contributed by atoms with Crippen LogP contribution in [0.3, 0.4) is 0 Å². The highest BCUT2D eigenvalue weighted by atomic mass is 16.6. The minimum atomic E-state index is -0.506. The SMILES string of the molecule is CC(C)(C)OC(=O)CCc1c[nH]c2ccc(NC(=O)NC(c3ccccc3)c3ccccc3N3CCCCC3)cc12. The van der Waals surface area contributed by atoms with E-state index < -0.39 is 5.60 Å². The molecule has 3 N–H and O–H groups in total. The van der Waals surface area contributed by atoms with Gasteiger partial charge in [-0.2, -0.15) is 0 Å². The maximum atomic E-state index is 13.5. The highest BCUT2D eigenvalue weighted by Gasteiger charge is 2.23. The first-order chi connectivity index (χ1) is 19.8. The van der Waals surface area contributed by atoms with Crippen molar-refractivity contribution in [3.63, 3.8) is 0 Å². The second-order valence-electron chi connectivity index (χ2n) is 11.7. The van der Waals surface area contributed by atoms with Gasteiger partial charge in [-0.05, 0) is 81.8 Å². The lowest BCUT2D eigenvalue weighted by Crippen LogP contribution is -2.35. The summed E-state index contributed by atoms with van der Waals surface area (Å²) in [7, 11) is 0. The molecule has 1 unspecified atom stereocenters. The van der Waals surface area contributed by atoms with Crippen LogP contribution in [-0.4, -0.2) is 35.7 Å². The molecular formula is C34H40N4O3. The van der Waals surface area contributed by atoms with Crippen molar-refractivity contribution in [3.8, 4) is 0 Å². The number of H-pyrrole nitrogens is 1. The zero-order valence-electron chi connectivity index (χ0n) is 24.2. The number of aromatic amines is 1. The molecule has 1 atom stereocenters. The molecule has 0 bridgehead atoms. The average molecular weight is 553 g/mol. The van der Waals surface area contributed by atoms with Gasteiger partial charge in [0.15, 0.2) is 0 Å². The highest BCUT2D eigenvalue weighted by Crippen LogP contribution is 2.33. The number of carbonyl (C=O) groups excluding carboxylic acids is 2. The summed E-state index contributed by atoms with van der Waals surface area (Å²) in [5, 5.41) is 7.27. The van der Waals surface area contributed by atoms with Gasteiger partial charge in [0.1, 0.15) is 5.60 Å². The van der Waals surface area contributed by atoms with E-state index in [4.69, 9.17) is 4.74 Å². The summed E-state index contributed by atoms with van der Waals surface area (Å²) >= 11 is 0. The van der Waals surface area contributed by atoms with Gasteiger partial charge in [-0.3, -0.25) is 4.79 Å². The summed E-state index contributed by atoms with van der Waals surface area (Å²) in [4.78, 5) is 31.4. The first kappa shape index (κ1) is 28.3. The Labute approximate surface area is 242 Å². The lowest BCUT2D eigenvalue weighted by Gasteiger charge is -2.33. The first-order valence-corrected chi connectivity index (χ1v) is 14.5. The molecule has 1 aliphatic heterocycles. The second-order valence-corrected chi connectivity index (χ2v) is 11.7. The fourth-order valence-corrected chi connectivity index (χ4v) is 5.53. The molecule has 0 spiro atoms. The van der Waals surface area contributed by atoms with Crippen molar-refractivity contribution in [2.45, 2.75) is 64.5 Å². The van der Waals surface area contributed by atoms with Gasteiger partial charge in [0.05, 0.1) is 6.04 Å². The largest absolute Gasteiger partial charge is 0.460 e. The molecule has 2 heterocycles. The van der Waals surface area contributed by atoms with E-state index in [1.165, 1.54) is 24.9 Å². The molecular weight excluding hydrogens is 512 g/mol. The van der Waals surface area contributed by atoms with E-state index in [1.54, 1.807) is 0 Å². The molecule has 0 saturated carbocycles. The van der Waals surface area contributed by atoms with E-state index in [0.29, 0.717) is 12.1 Å². The fraction of sp³-hybridized carbons (Fsp3) is 0.353. The number of carbonyl (C=O) groups is 2. The van der Waals surface area contributed by atoms with Crippen LogP contribution in [0.25, 0.3) is 10.9 Å². The molecule has 1 aromatic heterocycles. The van der Waals surface area contributed by atoms with Crippen LogP contribution >= 0.6 is 0 Å². The molecule has 2 amide bonds.